The van der Waals surface area contributed by atoms with E-state index in [1.165, 1.54) is 54.2 Å². The molecule has 0 rings (SSSR count). The van der Waals surface area contributed by atoms with Crippen molar-refractivity contribution >= 4 is 47.4 Å². The fraction of sp³-hybridized carbons (Fsp3) is 0.667. The lowest BCUT2D eigenvalue weighted by Gasteiger charge is -2.26. The van der Waals surface area contributed by atoms with E-state index in [9.17, 15) is 38.4 Å². The summed E-state index contributed by atoms with van der Waals surface area (Å²) in [5, 5.41) is 5.21. The fourth-order valence-corrected chi connectivity index (χ4v) is 2.97. The van der Waals surface area contributed by atoms with E-state index in [4.69, 9.17) is 0 Å². The van der Waals surface area contributed by atoms with E-state index in [1.807, 2.05) is 0 Å². The van der Waals surface area contributed by atoms with Crippen molar-refractivity contribution < 1.29 is 43.1 Å². The predicted molar refractivity (Wildman–Crippen MR) is 145 cm³/mol. The second-order valence-electron chi connectivity index (χ2n) is 9.41. The van der Waals surface area contributed by atoms with Crippen LogP contribution in [0.4, 0.5) is 0 Å². The Labute approximate surface area is 239 Å². The van der Waals surface area contributed by atoms with Gasteiger partial charge in [0.05, 0.1) is 45.8 Å². The van der Waals surface area contributed by atoms with Crippen molar-refractivity contribution in [3.63, 3.8) is 0 Å². The van der Waals surface area contributed by atoms with Crippen molar-refractivity contribution in [2.24, 2.45) is 0 Å². The minimum Gasteiger partial charge on any atom is -0.391 e. The lowest BCUT2D eigenvalue weighted by molar-refractivity contribution is -0.161. The molecule has 0 unspecified atom stereocenters. The first-order valence-electron chi connectivity index (χ1n) is 12.5. The summed E-state index contributed by atoms with van der Waals surface area (Å²) in [6.07, 6.45) is 0. The molecule has 41 heavy (non-hydrogen) atoms. The van der Waals surface area contributed by atoms with Crippen molar-refractivity contribution in [2.75, 3.05) is 109 Å². The van der Waals surface area contributed by atoms with Crippen LogP contribution in [0.15, 0.2) is 0 Å². The second kappa shape index (κ2) is 18.3. The molecular formula is C24H42N8O9. The molecule has 0 atom stereocenters. The third-order valence-electron chi connectivity index (χ3n) is 5.66. The predicted octanol–water partition coefficient (Wildman–Crippen LogP) is -4.75. The van der Waals surface area contributed by atoms with Crippen LogP contribution in [0.3, 0.4) is 0 Å². The van der Waals surface area contributed by atoms with Gasteiger partial charge in [0, 0.05) is 42.3 Å². The van der Waals surface area contributed by atoms with Gasteiger partial charge in [-0.15, -0.1) is 0 Å². The van der Waals surface area contributed by atoms with Crippen LogP contribution in [0.1, 0.15) is 0 Å². The Bertz CT molecular complexity index is 990. The van der Waals surface area contributed by atoms with E-state index in [1.54, 1.807) is 7.05 Å². The Hall–Kier alpha value is -4.12. The molecule has 0 spiro atoms. The number of esters is 2. The Balaban J connectivity index is 4.71. The molecule has 2 N–H and O–H groups in total. The summed E-state index contributed by atoms with van der Waals surface area (Å²) >= 11 is 0. The van der Waals surface area contributed by atoms with Crippen LogP contribution < -0.4 is 10.6 Å². The molecule has 6 amide bonds. The van der Waals surface area contributed by atoms with E-state index in [-0.39, 0.29) is 45.2 Å². The Morgan fingerprint density at radius 3 is 0.976 bits per heavy atom. The van der Waals surface area contributed by atoms with Gasteiger partial charge in [-0.25, -0.2) is 4.79 Å². The number of likely N-dealkylation sites (N-methyl/N-ethyl adjacent to an activating group) is 8. The molecule has 0 aromatic heterocycles. The smallest absolute Gasteiger partial charge is 0.333 e. The molecule has 0 fully saturated rings. The van der Waals surface area contributed by atoms with Crippen LogP contribution in [0.5, 0.6) is 0 Å². The Morgan fingerprint density at radius 1 is 0.415 bits per heavy atom. The van der Waals surface area contributed by atoms with E-state index in [0.717, 1.165) is 24.5 Å². The van der Waals surface area contributed by atoms with Crippen LogP contribution >= 0.6 is 0 Å². The molecule has 0 aliphatic carbocycles. The topological polar surface area (TPSA) is 189 Å². The van der Waals surface area contributed by atoms with Crippen molar-refractivity contribution in [3.05, 3.63) is 0 Å². The number of rotatable bonds is 16. The highest BCUT2D eigenvalue weighted by molar-refractivity contribution is 5.93. The number of carbonyl (C=O) groups excluding carboxylic acids is 8. The van der Waals surface area contributed by atoms with Crippen LogP contribution in [0, 0.1) is 0 Å². The minimum absolute atomic E-state index is 0.0630. The normalized spacial score (nSPS) is 10.2. The number of ether oxygens (including phenoxy) is 1. The molecule has 0 radical (unpaired) electrons. The quantitative estimate of drug-likeness (QED) is 0.130. The number of carbonyl (C=O) groups is 8. The van der Waals surface area contributed by atoms with Gasteiger partial charge in [0.15, 0.2) is 0 Å². The molecule has 17 heteroatoms. The van der Waals surface area contributed by atoms with Crippen LogP contribution in [0.2, 0.25) is 0 Å². The van der Waals surface area contributed by atoms with E-state index in [2.05, 4.69) is 15.4 Å². The zero-order chi connectivity index (χ0) is 31.9. The Morgan fingerprint density at radius 2 is 0.683 bits per heavy atom. The largest absolute Gasteiger partial charge is 0.391 e. The van der Waals surface area contributed by atoms with Crippen molar-refractivity contribution in [1.82, 2.24) is 40.0 Å². The zero-order valence-electron chi connectivity index (χ0n) is 25.0. The maximum atomic E-state index is 12.6. The standard InChI is InChI=1S/C24H42N8O9/c1-25-9-17(33)27(3)11-18(34)28(4)12-19(35)29(5)13-20(36)30(6)14-21(37)31(7)15-22(38)32(8)16-24(40)41-23(39)10-26-2/h25-26H,9-16H2,1-8H3. The molecule has 0 aromatic carbocycles. The van der Waals surface area contributed by atoms with Gasteiger partial charge in [-0.2, -0.15) is 0 Å². The van der Waals surface area contributed by atoms with Crippen molar-refractivity contribution in [3.8, 4) is 0 Å². The molecule has 0 aliphatic heterocycles. The van der Waals surface area contributed by atoms with Gasteiger partial charge in [0.1, 0.15) is 6.54 Å². The van der Waals surface area contributed by atoms with E-state index < -0.39 is 54.6 Å². The summed E-state index contributed by atoms with van der Waals surface area (Å²) in [6.45, 7) is -2.31. The van der Waals surface area contributed by atoms with Crippen LogP contribution in [0.25, 0.3) is 0 Å². The maximum Gasteiger partial charge on any atom is 0.333 e. The number of amides is 6. The van der Waals surface area contributed by atoms with Gasteiger partial charge in [0.25, 0.3) is 0 Å². The summed E-state index contributed by atoms with van der Waals surface area (Å²) in [5.41, 5.74) is 0. The first-order chi connectivity index (χ1) is 19.0. The van der Waals surface area contributed by atoms with Crippen LogP contribution in [-0.4, -0.2) is 186 Å². The third-order valence-corrected chi connectivity index (χ3v) is 5.66. The number of hydrogen-bond acceptors (Lipinski definition) is 11. The summed E-state index contributed by atoms with van der Waals surface area (Å²) in [7, 11) is 11.3. The molecule has 232 valence electrons. The van der Waals surface area contributed by atoms with E-state index >= 15 is 0 Å². The number of nitrogens with zero attached hydrogens (tertiary/aromatic N) is 6. The highest BCUT2D eigenvalue weighted by Crippen LogP contribution is 1.98. The molecule has 17 nitrogen and oxygen atoms in total. The molecular weight excluding hydrogens is 544 g/mol. The van der Waals surface area contributed by atoms with Gasteiger partial charge in [-0.05, 0) is 14.1 Å². The molecule has 0 saturated carbocycles. The highest BCUT2D eigenvalue weighted by atomic mass is 16.6. The molecule has 0 heterocycles. The number of hydrogen-bond donors (Lipinski definition) is 2. The van der Waals surface area contributed by atoms with Crippen LogP contribution in [-0.2, 0) is 43.1 Å². The minimum atomic E-state index is -0.929. The monoisotopic (exact) mass is 586 g/mol. The highest BCUT2D eigenvalue weighted by Gasteiger charge is 2.24. The first kappa shape index (κ1) is 36.9. The molecule has 0 aromatic rings. The average Bonchev–Trinajstić information content (AvgIpc) is 2.88. The average molecular weight is 587 g/mol. The molecule has 0 bridgehead atoms. The third kappa shape index (κ3) is 14.2. The summed E-state index contributed by atoms with van der Waals surface area (Å²) < 4.78 is 4.53. The molecule has 0 aliphatic rings. The first-order valence-corrected chi connectivity index (χ1v) is 12.5. The molecule has 0 saturated heterocycles. The second-order valence-corrected chi connectivity index (χ2v) is 9.41. The lowest BCUT2D eigenvalue weighted by Crippen LogP contribution is -2.48. The lowest BCUT2D eigenvalue weighted by atomic mass is 10.3. The van der Waals surface area contributed by atoms with E-state index in [0.29, 0.717) is 0 Å². The summed E-state index contributed by atoms with van der Waals surface area (Å²) in [5.74, 6) is -4.76. The van der Waals surface area contributed by atoms with Gasteiger partial charge < -0.3 is 44.8 Å². The zero-order valence-corrected chi connectivity index (χ0v) is 25.0. The van der Waals surface area contributed by atoms with Gasteiger partial charge in [0.2, 0.25) is 35.4 Å². The van der Waals surface area contributed by atoms with Gasteiger partial charge in [-0.3, -0.25) is 33.6 Å². The van der Waals surface area contributed by atoms with Crippen molar-refractivity contribution in [2.45, 2.75) is 0 Å². The van der Waals surface area contributed by atoms with Gasteiger partial charge >= 0.3 is 11.9 Å². The maximum absolute atomic E-state index is 12.6. The fourth-order valence-electron chi connectivity index (χ4n) is 2.97. The summed E-state index contributed by atoms with van der Waals surface area (Å²) in [6, 6.07) is 0. The van der Waals surface area contributed by atoms with Crippen molar-refractivity contribution in [1.29, 1.82) is 0 Å². The van der Waals surface area contributed by atoms with Gasteiger partial charge in [-0.1, -0.05) is 0 Å². The number of nitrogens with one attached hydrogen (secondary N) is 2. The Kier molecular flexibility index (Phi) is 16.4. The summed E-state index contributed by atoms with van der Waals surface area (Å²) in [4.78, 5) is 104. The SMILES string of the molecule is CNCC(=O)OC(=O)CN(C)C(=O)CN(C)C(=O)CN(C)C(=O)CN(C)C(=O)CN(C)C(=O)CN(C)C(=O)CNC.